The van der Waals surface area contributed by atoms with E-state index in [9.17, 15) is 4.79 Å². The first-order chi connectivity index (χ1) is 10.1. The Morgan fingerprint density at radius 3 is 2.67 bits per heavy atom. The zero-order valence-corrected chi connectivity index (χ0v) is 13.0. The number of benzene rings is 1. The molecule has 1 saturated heterocycles. The summed E-state index contributed by atoms with van der Waals surface area (Å²) in [5.74, 6) is 0.861. The first-order valence-corrected chi connectivity index (χ1v) is 7.39. The van der Waals surface area contributed by atoms with Crippen LogP contribution >= 0.6 is 0 Å². The minimum atomic E-state index is -0.0202. The van der Waals surface area contributed by atoms with Crippen LogP contribution in [0, 0.1) is 0 Å². The van der Waals surface area contributed by atoms with Crippen molar-refractivity contribution in [2.45, 2.75) is 32.4 Å². The Bertz CT molecular complexity index is 468. The monoisotopic (exact) mass is 292 g/mol. The van der Waals surface area contributed by atoms with Crippen LogP contribution in [0.15, 0.2) is 24.3 Å². The molecule has 5 nitrogen and oxygen atoms in total. The number of carbonyl (C=O) groups is 1. The molecule has 1 fully saturated rings. The van der Waals surface area contributed by atoms with Gasteiger partial charge in [-0.15, -0.1) is 0 Å². The van der Waals surface area contributed by atoms with Gasteiger partial charge in [-0.25, -0.2) is 4.79 Å². The van der Waals surface area contributed by atoms with Gasteiger partial charge in [-0.1, -0.05) is 18.2 Å². The fourth-order valence-corrected chi connectivity index (χ4v) is 2.71. The largest absolute Gasteiger partial charge is 0.496 e. The topological polar surface area (TPSA) is 50.8 Å². The Labute approximate surface area is 126 Å². The van der Waals surface area contributed by atoms with E-state index >= 15 is 0 Å². The third-order valence-electron chi connectivity index (χ3n) is 3.77. The van der Waals surface area contributed by atoms with E-state index < -0.39 is 0 Å². The Morgan fingerprint density at radius 1 is 1.33 bits per heavy atom. The highest BCUT2D eigenvalue weighted by atomic mass is 16.5. The van der Waals surface area contributed by atoms with Crippen molar-refractivity contribution in [2.24, 2.45) is 0 Å². The fourth-order valence-electron chi connectivity index (χ4n) is 2.71. The normalized spacial score (nSPS) is 22.0. The molecule has 5 heteroatoms. The highest BCUT2D eigenvalue weighted by molar-refractivity contribution is 5.75. The zero-order valence-electron chi connectivity index (χ0n) is 13.0. The zero-order chi connectivity index (χ0) is 15.2. The van der Waals surface area contributed by atoms with E-state index in [-0.39, 0.29) is 18.1 Å². The number of urea groups is 1. The SMILES string of the molecule is COc1ccccc1CCNC(=O)N1C(C)COCC1C. The maximum atomic E-state index is 12.3. The molecule has 2 atom stereocenters. The van der Waals surface area contributed by atoms with Crippen molar-refractivity contribution in [1.82, 2.24) is 10.2 Å². The molecular weight excluding hydrogens is 268 g/mol. The lowest BCUT2D eigenvalue weighted by Gasteiger charge is -2.38. The van der Waals surface area contributed by atoms with Crippen molar-refractivity contribution >= 4 is 6.03 Å². The number of morpholine rings is 1. The van der Waals surface area contributed by atoms with Crippen LogP contribution in [0.4, 0.5) is 4.79 Å². The summed E-state index contributed by atoms with van der Waals surface area (Å²) in [5, 5.41) is 2.99. The number of rotatable bonds is 4. The second kappa shape index (κ2) is 7.31. The van der Waals surface area contributed by atoms with Crippen molar-refractivity contribution in [3.05, 3.63) is 29.8 Å². The van der Waals surface area contributed by atoms with E-state index in [0.717, 1.165) is 17.7 Å². The van der Waals surface area contributed by atoms with Crippen molar-refractivity contribution in [2.75, 3.05) is 26.9 Å². The summed E-state index contributed by atoms with van der Waals surface area (Å²) in [5.41, 5.74) is 1.10. The number of nitrogens with one attached hydrogen (secondary N) is 1. The molecule has 2 rings (SSSR count). The molecule has 2 unspecified atom stereocenters. The fraction of sp³-hybridized carbons (Fsp3) is 0.562. The van der Waals surface area contributed by atoms with E-state index in [2.05, 4.69) is 5.32 Å². The van der Waals surface area contributed by atoms with Crippen LogP contribution in [-0.2, 0) is 11.2 Å². The van der Waals surface area contributed by atoms with Gasteiger partial charge < -0.3 is 19.7 Å². The number of carbonyl (C=O) groups excluding carboxylic acids is 1. The van der Waals surface area contributed by atoms with E-state index in [1.54, 1.807) is 7.11 Å². The standard InChI is InChI=1S/C16H24N2O3/c1-12-10-21-11-13(2)18(12)16(19)17-9-8-14-6-4-5-7-15(14)20-3/h4-7,12-13H,8-11H2,1-3H3,(H,17,19). The van der Waals surface area contributed by atoms with E-state index in [1.165, 1.54) is 0 Å². The van der Waals surface area contributed by atoms with Gasteiger partial charge in [0.1, 0.15) is 5.75 Å². The third kappa shape index (κ3) is 3.88. The summed E-state index contributed by atoms with van der Waals surface area (Å²) in [7, 11) is 1.66. The average Bonchev–Trinajstić information content (AvgIpc) is 2.47. The summed E-state index contributed by atoms with van der Waals surface area (Å²) >= 11 is 0. The van der Waals surface area contributed by atoms with Gasteiger partial charge in [0.15, 0.2) is 0 Å². The first-order valence-electron chi connectivity index (χ1n) is 7.39. The Balaban J connectivity index is 1.86. The summed E-state index contributed by atoms with van der Waals surface area (Å²) in [6, 6.07) is 8.08. The highest BCUT2D eigenvalue weighted by Gasteiger charge is 2.29. The number of methoxy groups -OCH3 is 1. The molecule has 1 aliphatic rings. The predicted octanol–water partition coefficient (Wildman–Crippen LogP) is 2.06. The van der Waals surface area contributed by atoms with Crippen LogP contribution in [0.25, 0.3) is 0 Å². The molecule has 2 amide bonds. The van der Waals surface area contributed by atoms with Crippen molar-refractivity contribution in [3.8, 4) is 5.75 Å². The van der Waals surface area contributed by atoms with Gasteiger partial charge in [-0.05, 0) is 31.9 Å². The minimum absolute atomic E-state index is 0.0202. The van der Waals surface area contributed by atoms with E-state index in [1.807, 2.05) is 43.0 Å². The van der Waals surface area contributed by atoms with Gasteiger partial charge in [0.25, 0.3) is 0 Å². The molecule has 1 N–H and O–H groups in total. The lowest BCUT2D eigenvalue weighted by Crippen LogP contribution is -2.56. The molecule has 0 aromatic heterocycles. The lowest BCUT2D eigenvalue weighted by molar-refractivity contribution is -0.0140. The lowest BCUT2D eigenvalue weighted by atomic mass is 10.1. The number of hydrogen-bond acceptors (Lipinski definition) is 3. The molecule has 0 radical (unpaired) electrons. The van der Waals surface area contributed by atoms with Crippen LogP contribution in [0.3, 0.4) is 0 Å². The average molecular weight is 292 g/mol. The molecule has 0 aliphatic carbocycles. The van der Waals surface area contributed by atoms with Crippen molar-refractivity contribution < 1.29 is 14.3 Å². The van der Waals surface area contributed by atoms with Crippen LogP contribution in [0.5, 0.6) is 5.75 Å². The number of nitrogens with zero attached hydrogens (tertiary/aromatic N) is 1. The van der Waals surface area contributed by atoms with Crippen molar-refractivity contribution in [1.29, 1.82) is 0 Å². The molecule has 21 heavy (non-hydrogen) atoms. The summed E-state index contributed by atoms with van der Waals surface area (Å²) in [6.45, 7) is 5.81. The van der Waals surface area contributed by atoms with Gasteiger partial charge in [0, 0.05) is 6.54 Å². The number of hydrogen-bond donors (Lipinski definition) is 1. The third-order valence-corrected chi connectivity index (χ3v) is 3.77. The van der Waals surface area contributed by atoms with Crippen LogP contribution in [0.2, 0.25) is 0 Å². The van der Waals surface area contributed by atoms with Crippen molar-refractivity contribution in [3.63, 3.8) is 0 Å². The Morgan fingerprint density at radius 2 is 2.00 bits per heavy atom. The van der Waals surface area contributed by atoms with Gasteiger partial charge in [-0.2, -0.15) is 0 Å². The highest BCUT2D eigenvalue weighted by Crippen LogP contribution is 2.17. The number of amides is 2. The first kappa shape index (κ1) is 15.6. The predicted molar refractivity (Wildman–Crippen MR) is 81.7 cm³/mol. The molecule has 0 saturated carbocycles. The molecule has 1 aliphatic heterocycles. The second-order valence-electron chi connectivity index (χ2n) is 5.44. The van der Waals surface area contributed by atoms with E-state index in [0.29, 0.717) is 19.8 Å². The summed E-state index contributed by atoms with van der Waals surface area (Å²) in [6.07, 6.45) is 0.753. The summed E-state index contributed by atoms with van der Waals surface area (Å²) in [4.78, 5) is 14.2. The second-order valence-corrected chi connectivity index (χ2v) is 5.44. The maximum Gasteiger partial charge on any atom is 0.318 e. The molecule has 0 bridgehead atoms. The molecule has 116 valence electrons. The van der Waals surface area contributed by atoms with Gasteiger partial charge in [0.2, 0.25) is 0 Å². The molecular formula is C16H24N2O3. The number of ether oxygens (including phenoxy) is 2. The van der Waals surface area contributed by atoms with Gasteiger partial charge >= 0.3 is 6.03 Å². The molecule has 1 heterocycles. The summed E-state index contributed by atoms with van der Waals surface area (Å²) < 4.78 is 10.8. The maximum absolute atomic E-state index is 12.3. The smallest absolute Gasteiger partial charge is 0.318 e. The molecule has 1 aromatic rings. The molecule has 0 spiro atoms. The van der Waals surface area contributed by atoms with Crippen LogP contribution in [-0.4, -0.2) is 49.9 Å². The van der Waals surface area contributed by atoms with Crippen LogP contribution < -0.4 is 10.1 Å². The Kier molecular flexibility index (Phi) is 5.44. The minimum Gasteiger partial charge on any atom is -0.496 e. The quantitative estimate of drug-likeness (QED) is 0.924. The van der Waals surface area contributed by atoms with Crippen LogP contribution in [0.1, 0.15) is 19.4 Å². The van der Waals surface area contributed by atoms with Gasteiger partial charge in [-0.3, -0.25) is 0 Å². The molecule has 1 aromatic carbocycles. The Hall–Kier alpha value is -1.75. The van der Waals surface area contributed by atoms with Gasteiger partial charge in [0.05, 0.1) is 32.4 Å². The van der Waals surface area contributed by atoms with E-state index in [4.69, 9.17) is 9.47 Å². The number of para-hydroxylation sites is 1.